The summed E-state index contributed by atoms with van der Waals surface area (Å²) in [6, 6.07) is 5.48. The molecule has 2 aliphatic rings. The molecular weight excluding hydrogens is 323 g/mol. The van der Waals surface area contributed by atoms with E-state index >= 15 is 0 Å². The van der Waals surface area contributed by atoms with E-state index in [0.29, 0.717) is 35.8 Å². The van der Waals surface area contributed by atoms with Crippen molar-refractivity contribution >= 4 is 0 Å². The number of piperidine rings is 1. The number of fused-ring (bicyclic) bond motifs is 2. The van der Waals surface area contributed by atoms with Crippen LogP contribution in [-0.4, -0.2) is 40.3 Å². The summed E-state index contributed by atoms with van der Waals surface area (Å²) in [5.74, 6) is 1.08. The van der Waals surface area contributed by atoms with E-state index in [2.05, 4.69) is 9.88 Å². The Bertz CT molecular complexity index is 762. The van der Waals surface area contributed by atoms with Gasteiger partial charge in [-0.05, 0) is 44.7 Å². The SMILES string of the molecule is COc1ccc(-c2nc(CN3[C@@H]4CC[C@H]3CC(O)C4)c(C)o2)c(F)c1. The van der Waals surface area contributed by atoms with E-state index in [0.717, 1.165) is 37.1 Å². The number of aromatic nitrogens is 1. The van der Waals surface area contributed by atoms with Gasteiger partial charge in [-0.25, -0.2) is 9.37 Å². The van der Waals surface area contributed by atoms with E-state index in [1.54, 1.807) is 12.1 Å². The van der Waals surface area contributed by atoms with Crippen LogP contribution in [0.2, 0.25) is 0 Å². The summed E-state index contributed by atoms with van der Waals surface area (Å²) >= 11 is 0. The van der Waals surface area contributed by atoms with E-state index in [4.69, 9.17) is 9.15 Å². The van der Waals surface area contributed by atoms with E-state index in [1.165, 1.54) is 13.2 Å². The van der Waals surface area contributed by atoms with Crippen molar-refractivity contribution in [2.75, 3.05) is 7.11 Å². The largest absolute Gasteiger partial charge is 0.497 e. The molecule has 1 aromatic carbocycles. The van der Waals surface area contributed by atoms with Crippen LogP contribution < -0.4 is 4.74 Å². The molecule has 25 heavy (non-hydrogen) atoms. The van der Waals surface area contributed by atoms with Crippen molar-refractivity contribution in [1.82, 2.24) is 9.88 Å². The number of hydrogen-bond donors (Lipinski definition) is 1. The highest BCUT2D eigenvalue weighted by atomic mass is 19.1. The summed E-state index contributed by atoms with van der Waals surface area (Å²) in [4.78, 5) is 6.98. The molecule has 0 radical (unpaired) electrons. The minimum atomic E-state index is -0.409. The van der Waals surface area contributed by atoms with Crippen LogP contribution in [0.4, 0.5) is 4.39 Å². The van der Waals surface area contributed by atoms with Crippen molar-refractivity contribution in [2.24, 2.45) is 0 Å². The molecule has 0 amide bonds. The maximum absolute atomic E-state index is 14.3. The highest BCUT2D eigenvalue weighted by Gasteiger charge is 2.40. The van der Waals surface area contributed by atoms with Crippen molar-refractivity contribution in [1.29, 1.82) is 0 Å². The Hall–Kier alpha value is -1.92. The summed E-state index contributed by atoms with van der Waals surface area (Å²) < 4.78 is 25.1. The summed E-state index contributed by atoms with van der Waals surface area (Å²) in [5, 5.41) is 9.94. The molecule has 2 aliphatic heterocycles. The highest BCUT2D eigenvalue weighted by Crippen LogP contribution is 2.37. The Morgan fingerprint density at radius 1 is 1.32 bits per heavy atom. The fraction of sp³-hybridized carbons (Fsp3) is 0.526. The van der Waals surface area contributed by atoms with Crippen LogP contribution in [0.25, 0.3) is 11.5 Å². The molecule has 3 atom stereocenters. The first-order chi connectivity index (χ1) is 12.0. The molecule has 2 bridgehead atoms. The molecule has 0 spiro atoms. The number of hydrogen-bond acceptors (Lipinski definition) is 5. The second kappa shape index (κ2) is 6.42. The van der Waals surface area contributed by atoms with Gasteiger partial charge >= 0.3 is 0 Å². The molecule has 4 rings (SSSR count). The molecule has 3 heterocycles. The van der Waals surface area contributed by atoms with Crippen molar-refractivity contribution in [3.63, 3.8) is 0 Å². The highest BCUT2D eigenvalue weighted by molar-refractivity contribution is 5.56. The van der Waals surface area contributed by atoms with Crippen LogP contribution in [0, 0.1) is 12.7 Å². The second-order valence-electron chi connectivity index (χ2n) is 7.05. The number of aliphatic hydroxyl groups is 1. The molecule has 134 valence electrons. The van der Waals surface area contributed by atoms with Crippen molar-refractivity contribution in [2.45, 2.75) is 57.3 Å². The molecular formula is C19H23FN2O3. The second-order valence-corrected chi connectivity index (χ2v) is 7.05. The van der Waals surface area contributed by atoms with E-state index in [9.17, 15) is 9.50 Å². The quantitative estimate of drug-likeness (QED) is 0.921. The number of halogens is 1. The Labute approximate surface area is 146 Å². The van der Waals surface area contributed by atoms with E-state index in [-0.39, 0.29) is 6.10 Å². The monoisotopic (exact) mass is 346 g/mol. The summed E-state index contributed by atoms with van der Waals surface area (Å²) in [6.07, 6.45) is 3.72. The number of rotatable bonds is 4. The molecule has 1 N–H and O–H groups in total. The lowest BCUT2D eigenvalue weighted by atomic mass is 9.99. The zero-order valence-corrected chi connectivity index (χ0v) is 14.5. The van der Waals surface area contributed by atoms with Crippen molar-refractivity contribution in [3.8, 4) is 17.2 Å². The number of benzene rings is 1. The third-order valence-electron chi connectivity index (χ3n) is 5.49. The fourth-order valence-corrected chi connectivity index (χ4v) is 4.16. The third kappa shape index (κ3) is 3.04. The first-order valence-corrected chi connectivity index (χ1v) is 8.79. The number of aliphatic hydroxyl groups excluding tert-OH is 1. The van der Waals surface area contributed by atoms with E-state index in [1.807, 2.05) is 6.92 Å². The first kappa shape index (κ1) is 16.5. The van der Waals surface area contributed by atoms with Crippen LogP contribution in [0.5, 0.6) is 5.75 Å². The minimum Gasteiger partial charge on any atom is -0.497 e. The van der Waals surface area contributed by atoms with Crippen LogP contribution in [0.15, 0.2) is 22.6 Å². The Morgan fingerprint density at radius 2 is 2.04 bits per heavy atom. The number of nitrogens with zero attached hydrogens (tertiary/aromatic N) is 2. The standard InChI is InChI=1S/C19H23FN2O3/c1-11-18(10-22-12-3-4-13(22)8-14(23)7-12)21-19(25-11)16-6-5-15(24-2)9-17(16)20/h5-6,9,12-14,23H,3-4,7-8,10H2,1-2H3/t12-,13+,14?. The molecule has 2 saturated heterocycles. The zero-order valence-electron chi connectivity index (χ0n) is 14.5. The molecule has 1 aromatic heterocycles. The first-order valence-electron chi connectivity index (χ1n) is 8.79. The lowest BCUT2D eigenvalue weighted by Gasteiger charge is -2.36. The zero-order chi connectivity index (χ0) is 17.6. The number of ether oxygens (including phenoxy) is 1. The third-order valence-corrected chi connectivity index (χ3v) is 5.49. The van der Waals surface area contributed by atoms with Gasteiger partial charge in [-0.15, -0.1) is 0 Å². The average molecular weight is 346 g/mol. The number of oxazole rings is 1. The number of methoxy groups -OCH3 is 1. The molecule has 1 unspecified atom stereocenters. The van der Waals surface area contributed by atoms with Gasteiger partial charge in [-0.3, -0.25) is 4.90 Å². The van der Waals surface area contributed by atoms with Gasteiger partial charge in [0.1, 0.15) is 17.3 Å². The Balaban J connectivity index is 1.57. The van der Waals surface area contributed by atoms with E-state index < -0.39 is 5.82 Å². The molecule has 5 nitrogen and oxygen atoms in total. The van der Waals surface area contributed by atoms with Crippen molar-refractivity contribution < 1.29 is 18.7 Å². The van der Waals surface area contributed by atoms with Gasteiger partial charge in [0.15, 0.2) is 0 Å². The van der Waals surface area contributed by atoms with Crippen LogP contribution >= 0.6 is 0 Å². The minimum absolute atomic E-state index is 0.184. The van der Waals surface area contributed by atoms with Gasteiger partial charge < -0.3 is 14.3 Å². The van der Waals surface area contributed by atoms with Gasteiger partial charge in [0.05, 0.1) is 24.5 Å². The molecule has 0 saturated carbocycles. The maximum atomic E-state index is 14.3. The Morgan fingerprint density at radius 3 is 2.68 bits per heavy atom. The molecule has 0 aliphatic carbocycles. The lowest BCUT2D eigenvalue weighted by Crippen LogP contribution is -2.44. The van der Waals surface area contributed by atoms with Crippen LogP contribution in [0.1, 0.15) is 37.1 Å². The summed E-state index contributed by atoms with van der Waals surface area (Å²) in [6.45, 7) is 2.56. The maximum Gasteiger partial charge on any atom is 0.229 e. The molecule has 6 heteroatoms. The molecule has 2 fully saturated rings. The predicted octanol–water partition coefficient (Wildman–Crippen LogP) is 3.29. The normalized spacial score (nSPS) is 26.2. The predicted molar refractivity (Wildman–Crippen MR) is 90.8 cm³/mol. The average Bonchev–Trinajstić information content (AvgIpc) is 3.05. The topological polar surface area (TPSA) is 58.7 Å². The smallest absolute Gasteiger partial charge is 0.229 e. The summed E-state index contributed by atoms with van der Waals surface area (Å²) in [5.41, 5.74) is 1.19. The fourth-order valence-electron chi connectivity index (χ4n) is 4.16. The summed E-state index contributed by atoms with van der Waals surface area (Å²) in [7, 11) is 1.51. The van der Waals surface area contributed by atoms with Gasteiger partial charge in [0.2, 0.25) is 5.89 Å². The lowest BCUT2D eigenvalue weighted by molar-refractivity contribution is 0.0302. The van der Waals surface area contributed by atoms with Crippen molar-refractivity contribution in [3.05, 3.63) is 35.5 Å². The van der Waals surface area contributed by atoms with Gasteiger partial charge in [-0.1, -0.05) is 0 Å². The van der Waals surface area contributed by atoms with Gasteiger partial charge in [0.25, 0.3) is 0 Å². The Kier molecular flexibility index (Phi) is 4.25. The van der Waals surface area contributed by atoms with Crippen LogP contribution in [0.3, 0.4) is 0 Å². The number of aryl methyl sites for hydroxylation is 1. The van der Waals surface area contributed by atoms with Gasteiger partial charge in [0, 0.05) is 24.7 Å². The van der Waals surface area contributed by atoms with Gasteiger partial charge in [-0.2, -0.15) is 0 Å². The van der Waals surface area contributed by atoms with Crippen LogP contribution in [-0.2, 0) is 6.54 Å². The molecule has 2 aromatic rings.